The summed E-state index contributed by atoms with van der Waals surface area (Å²) < 4.78 is 33.5. The first-order chi connectivity index (χ1) is 7.01. The minimum atomic E-state index is -3.48. The molecule has 0 aromatic carbocycles. The predicted octanol–water partition coefficient (Wildman–Crippen LogP) is -0.614. The van der Waals surface area contributed by atoms with Crippen molar-refractivity contribution in [2.24, 2.45) is 0 Å². The fraction of sp³-hybridized carbons (Fsp3) is 0.857. The molecule has 1 heterocycles. The van der Waals surface area contributed by atoms with Crippen LogP contribution in [0.2, 0.25) is 0 Å². The van der Waals surface area contributed by atoms with Gasteiger partial charge in [-0.05, 0) is 0 Å². The monoisotopic (exact) mass is 257 g/mol. The zero-order chi connectivity index (χ0) is 11.5. The Labute approximate surface area is 93.1 Å². The first kappa shape index (κ1) is 12.7. The highest BCUT2D eigenvalue weighted by Crippen LogP contribution is 2.12. The van der Waals surface area contributed by atoms with E-state index in [9.17, 15) is 13.2 Å². The van der Waals surface area contributed by atoms with E-state index in [4.69, 9.17) is 16.3 Å². The quantitative estimate of drug-likeness (QED) is 0.498. The number of alkyl halides is 1. The number of sulfonamides is 1. The summed E-state index contributed by atoms with van der Waals surface area (Å²) in [6, 6.07) is 0. The lowest BCUT2D eigenvalue weighted by Crippen LogP contribution is -2.49. The molecule has 1 rings (SSSR count). The molecule has 15 heavy (non-hydrogen) atoms. The topological polar surface area (TPSA) is 72.9 Å². The molecule has 1 unspecified atom stereocenters. The molecule has 88 valence electrons. The van der Waals surface area contributed by atoms with Gasteiger partial charge in [-0.25, -0.2) is 13.2 Å². The second-order valence-electron chi connectivity index (χ2n) is 2.96. The highest BCUT2D eigenvalue weighted by molar-refractivity contribution is 7.90. The molecule has 1 aliphatic heterocycles. The predicted molar refractivity (Wildman–Crippen MR) is 53.0 cm³/mol. The van der Waals surface area contributed by atoms with Gasteiger partial charge in [-0.3, -0.25) is 0 Å². The number of hydrogen-bond donors (Lipinski definition) is 0. The highest BCUT2D eigenvalue weighted by atomic mass is 35.5. The second kappa shape index (κ2) is 5.11. The van der Waals surface area contributed by atoms with Gasteiger partial charge in [0.2, 0.25) is 10.0 Å². The number of ether oxygens (including phenoxy) is 2. The molecular formula is C7H12ClNO5S. The number of morpholine rings is 1. The molecule has 0 radical (unpaired) electrons. The summed E-state index contributed by atoms with van der Waals surface area (Å²) in [6.45, 7) is 0.333. The van der Waals surface area contributed by atoms with Crippen molar-refractivity contribution in [1.82, 2.24) is 4.31 Å². The van der Waals surface area contributed by atoms with E-state index in [0.29, 0.717) is 0 Å². The van der Waals surface area contributed by atoms with Crippen molar-refractivity contribution >= 4 is 27.6 Å². The Kier molecular flexibility index (Phi) is 4.32. The Morgan fingerprint density at radius 2 is 2.33 bits per heavy atom. The first-order valence-electron chi connectivity index (χ1n) is 4.24. The van der Waals surface area contributed by atoms with Crippen molar-refractivity contribution in [2.45, 2.75) is 6.10 Å². The molecule has 1 fully saturated rings. The molecule has 0 spiro atoms. The fourth-order valence-corrected chi connectivity index (χ4v) is 2.49. The Morgan fingerprint density at radius 1 is 1.67 bits per heavy atom. The van der Waals surface area contributed by atoms with E-state index < -0.39 is 27.3 Å². The van der Waals surface area contributed by atoms with Gasteiger partial charge < -0.3 is 9.47 Å². The summed E-state index contributed by atoms with van der Waals surface area (Å²) in [5.41, 5.74) is 0. The van der Waals surface area contributed by atoms with E-state index in [0.717, 1.165) is 4.31 Å². The van der Waals surface area contributed by atoms with Crippen LogP contribution in [-0.2, 0) is 24.3 Å². The summed E-state index contributed by atoms with van der Waals surface area (Å²) >= 11 is 5.30. The lowest BCUT2D eigenvalue weighted by atomic mass is 10.3. The zero-order valence-electron chi connectivity index (χ0n) is 8.18. The summed E-state index contributed by atoms with van der Waals surface area (Å²) in [7, 11) is -2.26. The maximum atomic E-state index is 11.4. The van der Waals surface area contributed by atoms with Gasteiger partial charge in [0, 0.05) is 6.54 Å². The Bertz CT molecular complexity index is 330. The standard InChI is InChI=1S/C7H12ClNO5S/c1-13-7(10)6-4-9(2-3-14-6)15(11,12)5-8/h6H,2-5H2,1H3. The molecule has 0 amide bonds. The van der Waals surface area contributed by atoms with Crippen molar-refractivity contribution in [3.63, 3.8) is 0 Å². The number of hydrogen-bond acceptors (Lipinski definition) is 5. The number of halogens is 1. The maximum absolute atomic E-state index is 11.4. The number of nitrogens with zero attached hydrogens (tertiary/aromatic N) is 1. The van der Waals surface area contributed by atoms with Crippen LogP contribution in [0.5, 0.6) is 0 Å². The number of esters is 1. The number of carbonyl (C=O) groups is 1. The lowest BCUT2D eigenvalue weighted by Gasteiger charge is -2.29. The molecule has 0 aliphatic carbocycles. The van der Waals surface area contributed by atoms with Crippen LogP contribution in [0, 0.1) is 0 Å². The third kappa shape index (κ3) is 3.04. The van der Waals surface area contributed by atoms with E-state index in [1.807, 2.05) is 0 Å². The molecule has 1 saturated heterocycles. The van der Waals surface area contributed by atoms with Gasteiger partial charge in [-0.15, -0.1) is 11.6 Å². The van der Waals surface area contributed by atoms with Gasteiger partial charge in [0.1, 0.15) is 5.21 Å². The second-order valence-corrected chi connectivity index (χ2v) is 5.51. The van der Waals surface area contributed by atoms with Crippen molar-refractivity contribution in [1.29, 1.82) is 0 Å². The molecule has 0 aromatic heterocycles. The molecule has 6 nitrogen and oxygen atoms in total. The minimum Gasteiger partial charge on any atom is -0.467 e. The molecule has 0 N–H and O–H groups in total. The van der Waals surface area contributed by atoms with Crippen LogP contribution < -0.4 is 0 Å². The van der Waals surface area contributed by atoms with E-state index in [-0.39, 0.29) is 19.7 Å². The molecule has 1 aliphatic rings. The molecule has 0 aromatic rings. The molecule has 1 atom stereocenters. The van der Waals surface area contributed by atoms with E-state index >= 15 is 0 Å². The van der Waals surface area contributed by atoms with Crippen LogP contribution in [0.15, 0.2) is 0 Å². The summed E-state index contributed by atoms with van der Waals surface area (Å²) in [4.78, 5) is 11.1. The third-order valence-corrected chi connectivity index (χ3v) is 4.25. The number of carbonyl (C=O) groups excluding carboxylic acids is 1. The van der Waals surface area contributed by atoms with Crippen LogP contribution in [0.25, 0.3) is 0 Å². The smallest absolute Gasteiger partial charge is 0.336 e. The highest BCUT2D eigenvalue weighted by Gasteiger charge is 2.33. The largest absolute Gasteiger partial charge is 0.467 e. The van der Waals surface area contributed by atoms with E-state index in [2.05, 4.69) is 4.74 Å². The van der Waals surface area contributed by atoms with Crippen molar-refractivity contribution < 1.29 is 22.7 Å². The van der Waals surface area contributed by atoms with Crippen LogP contribution in [0.4, 0.5) is 0 Å². The van der Waals surface area contributed by atoms with Gasteiger partial charge in [0.15, 0.2) is 6.10 Å². The van der Waals surface area contributed by atoms with Gasteiger partial charge in [-0.2, -0.15) is 4.31 Å². The van der Waals surface area contributed by atoms with Gasteiger partial charge >= 0.3 is 5.97 Å². The first-order valence-corrected chi connectivity index (χ1v) is 6.39. The van der Waals surface area contributed by atoms with Crippen molar-refractivity contribution in [3.8, 4) is 0 Å². The SMILES string of the molecule is COC(=O)C1CN(S(=O)(=O)CCl)CCO1. The zero-order valence-corrected chi connectivity index (χ0v) is 9.75. The Balaban J connectivity index is 2.68. The van der Waals surface area contributed by atoms with Crippen molar-refractivity contribution in [2.75, 3.05) is 32.0 Å². The maximum Gasteiger partial charge on any atom is 0.336 e. The van der Waals surface area contributed by atoms with Crippen LogP contribution >= 0.6 is 11.6 Å². The molecule has 8 heteroatoms. The normalized spacial score (nSPS) is 23.7. The molecular weight excluding hydrogens is 246 g/mol. The summed E-state index contributed by atoms with van der Waals surface area (Å²) in [6.07, 6.45) is -0.859. The fourth-order valence-electron chi connectivity index (χ4n) is 1.22. The van der Waals surface area contributed by atoms with Crippen LogP contribution in [0.1, 0.15) is 0 Å². The summed E-state index contributed by atoms with van der Waals surface area (Å²) in [5, 5.41) is -0.499. The average Bonchev–Trinajstić information content (AvgIpc) is 2.28. The molecule has 0 saturated carbocycles. The van der Waals surface area contributed by atoms with Gasteiger partial charge in [-0.1, -0.05) is 0 Å². The number of methoxy groups -OCH3 is 1. The van der Waals surface area contributed by atoms with Crippen LogP contribution in [0.3, 0.4) is 0 Å². The van der Waals surface area contributed by atoms with E-state index in [1.165, 1.54) is 7.11 Å². The Hall–Kier alpha value is -0.370. The van der Waals surface area contributed by atoms with Gasteiger partial charge in [0.05, 0.1) is 20.3 Å². The minimum absolute atomic E-state index is 0.0400. The number of rotatable bonds is 3. The van der Waals surface area contributed by atoms with E-state index in [1.54, 1.807) is 0 Å². The van der Waals surface area contributed by atoms with Crippen molar-refractivity contribution in [3.05, 3.63) is 0 Å². The Morgan fingerprint density at radius 3 is 2.87 bits per heavy atom. The summed E-state index contributed by atoms with van der Waals surface area (Å²) in [5.74, 6) is -0.579. The molecule has 0 bridgehead atoms. The lowest BCUT2D eigenvalue weighted by molar-refractivity contribution is -0.157. The average molecular weight is 258 g/mol. The van der Waals surface area contributed by atoms with Crippen LogP contribution in [-0.4, -0.2) is 56.8 Å². The third-order valence-electron chi connectivity index (χ3n) is 2.02. The van der Waals surface area contributed by atoms with Gasteiger partial charge in [0.25, 0.3) is 0 Å².